The zero-order valence-electron chi connectivity index (χ0n) is 17.3. The van der Waals surface area contributed by atoms with E-state index in [0.717, 1.165) is 11.1 Å². The van der Waals surface area contributed by atoms with Gasteiger partial charge in [0.25, 0.3) is 11.2 Å². The number of carbonyl (C=O) groups excluding carboxylic acids is 1. The summed E-state index contributed by atoms with van der Waals surface area (Å²) >= 11 is 0. The molecule has 0 radical (unpaired) electrons. The molecule has 1 aromatic carbocycles. The molecule has 0 N–H and O–H groups in total. The Bertz CT molecular complexity index is 1280. The standard InChI is InChI=1S/C22H21N5O5/c28-18-3-1-2-16-17(18)12-23-20-19(16)21(29)26(22(24-20)25-8-10-32-11-9-25)13-14-4-6-15(7-5-14)27(30)31/h4-7,12H,1-3,8-11,13H2. The van der Waals surface area contributed by atoms with Crippen LogP contribution >= 0.6 is 0 Å². The quantitative estimate of drug-likeness (QED) is 0.451. The number of carbonyl (C=O) groups is 1. The van der Waals surface area contributed by atoms with Crippen LogP contribution in [0.25, 0.3) is 11.0 Å². The average molecular weight is 435 g/mol. The summed E-state index contributed by atoms with van der Waals surface area (Å²) in [6.07, 6.45) is 3.31. The molecule has 0 saturated carbocycles. The number of rotatable bonds is 4. The number of nitro benzene ring substituents is 1. The van der Waals surface area contributed by atoms with Crippen LogP contribution in [0.5, 0.6) is 0 Å². The number of nitrogens with zero attached hydrogens (tertiary/aromatic N) is 5. The summed E-state index contributed by atoms with van der Waals surface area (Å²) in [6, 6.07) is 6.12. The first-order valence-electron chi connectivity index (χ1n) is 10.5. The Kier molecular flexibility index (Phi) is 5.14. The monoisotopic (exact) mass is 435 g/mol. The number of hydrogen-bond donors (Lipinski definition) is 0. The second-order valence-electron chi connectivity index (χ2n) is 7.95. The summed E-state index contributed by atoms with van der Waals surface area (Å²) in [6.45, 7) is 2.42. The largest absolute Gasteiger partial charge is 0.378 e. The van der Waals surface area contributed by atoms with Gasteiger partial charge in [-0.2, -0.15) is 4.98 Å². The molecule has 3 aromatic rings. The first-order chi connectivity index (χ1) is 15.5. The molecule has 10 heteroatoms. The summed E-state index contributed by atoms with van der Waals surface area (Å²) < 4.78 is 7.02. The zero-order chi connectivity index (χ0) is 22.2. The molecule has 0 unspecified atom stereocenters. The molecule has 1 aliphatic carbocycles. The van der Waals surface area contributed by atoms with E-state index in [0.29, 0.717) is 68.1 Å². The predicted octanol–water partition coefficient (Wildman–Crippen LogP) is 2.10. The Hall–Kier alpha value is -3.66. The minimum Gasteiger partial charge on any atom is -0.378 e. The van der Waals surface area contributed by atoms with E-state index in [-0.39, 0.29) is 23.6 Å². The van der Waals surface area contributed by atoms with E-state index in [1.54, 1.807) is 16.7 Å². The molecule has 0 bridgehead atoms. The molecule has 2 aliphatic rings. The highest BCUT2D eigenvalue weighted by molar-refractivity contribution is 6.02. The van der Waals surface area contributed by atoms with E-state index in [1.165, 1.54) is 18.3 Å². The van der Waals surface area contributed by atoms with Crippen LogP contribution in [0, 0.1) is 10.1 Å². The van der Waals surface area contributed by atoms with E-state index < -0.39 is 4.92 Å². The van der Waals surface area contributed by atoms with Crippen molar-refractivity contribution in [1.82, 2.24) is 14.5 Å². The molecule has 10 nitrogen and oxygen atoms in total. The number of aryl methyl sites for hydroxylation is 1. The number of Topliss-reactive ketones (excluding diaryl/α,β-unsaturated/α-hetero) is 1. The van der Waals surface area contributed by atoms with Gasteiger partial charge in [-0.25, -0.2) is 4.98 Å². The Morgan fingerprint density at radius 3 is 2.56 bits per heavy atom. The van der Waals surface area contributed by atoms with E-state index in [9.17, 15) is 19.7 Å². The highest BCUT2D eigenvalue weighted by Crippen LogP contribution is 2.27. The Balaban J connectivity index is 1.68. The van der Waals surface area contributed by atoms with E-state index in [4.69, 9.17) is 9.72 Å². The number of benzene rings is 1. The number of morpholine rings is 1. The third-order valence-corrected chi connectivity index (χ3v) is 5.99. The fraction of sp³-hybridized carbons (Fsp3) is 0.364. The maximum absolute atomic E-state index is 13.8. The molecule has 0 atom stereocenters. The van der Waals surface area contributed by atoms with Crippen LogP contribution in [0.3, 0.4) is 0 Å². The number of pyridine rings is 1. The lowest BCUT2D eigenvalue weighted by Gasteiger charge is -2.30. The predicted molar refractivity (Wildman–Crippen MR) is 116 cm³/mol. The van der Waals surface area contributed by atoms with Gasteiger partial charge in [-0.15, -0.1) is 0 Å². The zero-order valence-corrected chi connectivity index (χ0v) is 17.3. The van der Waals surface area contributed by atoms with Crippen molar-refractivity contribution in [2.24, 2.45) is 0 Å². The Morgan fingerprint density at radius 2 is 1.84 bits per heavy atom. The van der Waals surface area contributed by atoms with Gasteiger partial charge < -0.3 is 9.64 Å². The highest BCUT2D eigenvalue weighted by Gasteiger charge is 2.26. The lowest BCUT2D eigenvalue weighted by Crippen LogP contribution is -2.41. The number of ketones is 1. The minimum atomic E-state index is -0.457. The van der Waals surface area contributed by atoms with Gasteiger partial charge in [0.1, 0.15) is 0 Å². The Morgan fingerprint density at radius 1 is 1.09 bits per heavy atom. The van der Waals surface area contributed by atoms with E-state index >= 15 is 0 Å². The fourth-order valence-electron chi connectivity index (χ4n) is 4.34. The number of aromatic nitrogens is 3. The second-order valence-corrected chi connectivity index (χ2v) is 7.95. The van der Waals surface area contributed by atoms with Gasteiger partial charge in [-0.05, 0) is 24.0 Å². The smallest absolute Gasteiger partial charge is 0.269 e. The van der Waals surface area contributed by atoms with Gasteiger partial charge >= 0.3 is 0 Å². The van der Waals surface area contributed by atoms with Crippen molar-refractivity contribution in [3.63, 3.8) is 0 Å². The summed E-state index contributed by atoms with van der Waals surface area (Å²) in [5.74, 6) is 0.484. The molecule has 5 rings (SSSR count). The molecular weight excluding hydrogens is 414 g/mol. The van der Waals surface area contributed by atoms with Crippen LogP contribution in [0.1, 0.15) is 34.3 Å². The van der Waals surface area contributed by atoms with Crippen molar-refractivity contribution in [3.8, 4) is 0 Å². The average Bonchev–Trinajstić information content (AvgIpc) is 2.81. The molecule has 0 spiro atoms. The first kappa shape index (κ1) is 20.3. The van der Waals surface area contributed by atoms with E-state index in [2.05, 4.69) is 4.98 Å². The summed E-state index contributed by atoms with van der Waals surface area (Å²) in [5, 5.41) is 11.4. The van der Waals surface area contributed by atoms with Crippen LogP contribution in [0.4, 0.5) is 11.6 Å². The van der Waals surface area contributed by atoms with Crippen LogP contribution in [0.2, 0.25) is 0 Å². The minimum absolute atomic E-state index is 0.000718. The Labute approximate surface area is 182 Å². The number of nitro groups is 1. The van der Waals surface area contributed by atoms with Gasteiger partial charge in [0.05, 0.1) is 30.1 Å². The molecule has 1 aliphatic heterocycles. The summed E-state index contributed by atoms with van der Waals surface area (Å²) in [5.41, 5.74) is 2.03. The third-order valence-electron chi connectivity index (χ3n) is 5.99. The lowest BCUT2D eigenvalue weighted by atomic mass is 9.90. The van der Waals surface area contributed by atoms with Crippen molar-refractivity contribution < 1.29 is 14.5 Å². The normalized spacial score (nSPS) is 16.2. The lowest BCUT2D eigenvalue weighted by molar-refractivity contribution is -0.384. The highest BCUT2D eigenvalue weighted by atomic mass is 16.6. The second kappa shape index (κ2) is 8.12. The third kappa shape index (κ3) is 3.52. The molecule has 164 valence electrons. The molecular formula is C22H21N5O5. The van der Waals surface area contributed by atoms with Gasteiger partial charge in [0.2, 0.25) is 5.95 Å². The van der Waals surface area contributed by atoms with Crippen molar-refractivity contribution in [2.45, 2.75) is 25.8 Å². The van der Waals surface area contributed by atoms with Gasteiger partial charge in [0, 0.05) is 43.4 Å². The van der Waals surface area contributed by atoms with Crippen LogP contribution in [-0.2, 0) is 17.7 Å². The molecule has 3 heterocycles. The topological polar surface area (TPSA) is 120 Å². The van der Waals surface area contributed by atoms with Gasteiger partial charge in [0.15, 0.2) is 11.4 Å². The fourth-order valence-corrected chi connectivity index (χ4v) is 4.34. The first-order valence-corrected chi connectivity index (χ1v) is 10.5. The van der Waals surface area contributed by atoms with Crippen molar-refractivity contribution in [2.75, 3.05) is 31.2 Å². The molecule has 1 fully saturated rings. The molecule has 2 aromatic heterocycles. The van der Waals surface area contributed by atoms with E-state index in [1.807, 2.05) is 4.90 Å². The van der Waals surface area contributed by atoms with Gasteiger partial charge in [-0.1, -0.05) is 12.1 Å². The molecule has 0 amide bonds. The maximum atomic E-state index is 13.8. The number of anilines is 1. The van der Waals surface area contributed by atoms with Crippen molar-refractivity contribution in [1.29, 1.82) is 0 Å². The SMILES string of the molecule is O=C1CCCc2c1cnc1nc(N3CCOCC3)n(Cc3ccc([N+](=O)[O-])cc3)c(=O)c21. The van der Waals surface area contributed by atoms with Crippen LogP contribution in [0.15, 0.2) is 35.3 Å². The summed E-state index contributed by atoms with van der Waals surface area (Å²) in [4.78, 5) is 47.7. The number of fused-ring (bicyclic) bond motifs is 3. The molecule has 32 heavy (non-hydrogen) atoms. The van der Waals surface area contributed by atoms with Crippen molar-refractivity contribution in [3.05, 3.63) is 67.6 Å². The van der Waals surface area contributed by atoms with Crippen LogP contribution < -0.4 is 10.5 Å². The summed E-state index contributed by atoms with van der Waals surface area (Å²) in [7, 11) is 0. The number of ether oxygens (including phenoxy) is 1. The molecule has 1 saturated heterocycles. The maximum Gasteiger partial charge on any atom is 0.269 e. The number of hydrogen-bond acceptors (Lipinski definition) is 8. The number of non-ortho nitro benzene ring substituents is 1. The van der Waals surface area contributed by atoms with Crippen LogP contribution in [-0.4, -0.2) is 51.5 Å². The van der Waals surface area contributed by atoms with Gasteiger partial charge in [-0.3, -0.25) is 24.3 Å². The van der Waals surface area contributed by atoms with Crippen molar-refractivity contribution >= 4 is 28.5 Å².